The lowest BCUT2D eigenvalue weighted by atomic mass is 9.83. The van der Waals surface area contributed by atoms with Gasteiger partial charge in [-0.05, 0) is 25.8 Å². The second-order valence-corrected chi connectivity index (χ2v) is 4.34. The van der Waals surface area contributed by atoms with Gasteiger partial charge in [0.15, 0.2) is 5.78 Å². The zero-order valence-corrected chi connectivity index (χ0v) is 10.3. The van der Waals surface area contributed by atoms with Gasteiger partial charge in [0, 0.05) is 19.4 Å². The van der Waals surface area contributed by atoms with E-state index in [1.54, 1.807) is 14.0 Å². The number of allylic oxidation sites excluding steroid dienone is 2. The van der Waals surface area contributed by atoms with Gasteiger partial charge in [0.1, 0.15) is 6.79 Å². The number of ether oxygens (including phenoxy) is 2. The summed E-state index contributed by atoms with van der Waals surface area (Å²) in [5.74, 6) is 0.367. The number of carbonyl (C=O) groups excluding carboxylic acids is 1. The summed E-state index contributed by atoms with van der Waals surface area (Å²) in [4.78, 5) is 11.4. The maximum absolute atomic E-state index is 11.4. The van der Waals surface area contributed by atoms with E-state index in [1.165, 1.54) is 0 Å². The zero-order chi connectivity index (χ0) is 12.1. The van der Waals surface area contributed by atoms with Crippen molar-refractivity contribution in [2.75, 3.05) is 13.9 Å². The summed E-state index contributed by atoms with van der Waals surface area (Å²) in [7, 11) is 1.60. The molecule has 1 rings (SSSR count). The molecule has 16 heavy (non-hydrogen) atoms. The number of rotatable bonds is 5. The third-order valence-corrected chi connectivity index (χ3v) is 2.87. The van der Waals surface area contributed by atoms with Crippen LogP contribution in [0.4, 0.5) is 0 Å². The monoisotopic (exact) mass is 224 g/mol. The van der Waals surface area contributed by atoms with Gasteiger partial charge in [0.2, 0.25) is 0 Å². The van der Waals surface area contributed by atoms with E-state index in [1.807, 2.05) is 13.0 Å². The van der Waals surface area contributed by atoms with Crippen LogP contribution in [0.25, 0.3) is 0 Å². The first-order valence-corrected chi connectivity index (χ1v) is 5.52. The third-order valence-electron chi connectivity index (χ3n) is 2.87. The number of hydrogen-bond donors (Lipinski definition) is 0. The fraction of sp³-hybridized carbons (Fsp3) is 0.615. The molecule has 0 radical (unpaired) electrons. The molecule has 0 aromatic heterocycles. The lowest BCUT2D eigenvalue weighted by Gasteiger charge is -2.28. The van der Waals surface area contributed by atoms with Crippen molar-refractivity contribution in [3.8, 4) is 0 Å². The van der Waals surface area contributed by atoms with E-state index >= 15 is 0 Å². The highest BCUT2D eigenvalue weighted by Gasteiger charge is 2.25. The molecule has 3 heteroatoms. The van der Waals surface area contributed by atoms with Gasteiger partial charge in [-0.25, -0.2) is 0 Å². The Morgan fingerprint density at radius 2 is 2.25 bits per heavy atom. The summed E-state index contributed by atoms with van der Waals surface area (Å²) in [5, 5.41) is 0. The highest BCUT2D eigenvalue weighted by molar-refractivity contribution is 5.93. The van der Waals surface area contributed by atoms with Crippen LogP contribution in [0.2, 0.25) is 0 Å². The summed E-state index contributed by atoms with van der Waals surface area (Å²) in [6.07, 6.45) is 3.65. The van der Waals surface area contributed by atoms with Gasteiger partial charge in [0.05, 0.1) is 6.10 Å². The molecule has 1 aliphatic carbocycles. The van der Waals surface area contributed by atoms with E-state index in [-0.39, 0.29) is 24.6 Å². The Kier molecular flexibility index (Phi) is 4.90. The molecule has 0 saturated heterocycles. The fourth-order valence-electron chi connectivity index (χ4n) is 1.89. The molecule has 0 spiro atoms. The zero-order valence-electron chi connectivity index (χ0n) is 10.3. The predicted molar refractivity (Wildman–Crippen MR) is 63.1 cm³/mol. The molecule has 3 nitrogen and oxygen atoms in total. The topological polar surface area (TPSA) is 35.5 Å². The first kappa shape index (κ1) is 13.1. The quantitative estimate of drug-likeness (QED) is 0.531. The fourth-order valence-corrected chi connectivity index (χ4v) is 1.89. The van der Waals surface area contributed by atoms with Crippen molar-refractivity contribution >= 4 is 5.78 Å². The molecule has 90 valence electrons. The van der Waals surface area contributed by atoms with Gasteiger partial charge in [-0.3, -0.25) is 4.79 Å². The normalized spacial score (nSPS) is 25.1. The molecule has 0 bridgehead atoms. The van der Waals surface area contributed by atoms with Crippen molar-refractivity contribution in [1.82, 2.24) is 0 Å². The standard InChI is InChI=1S/C13H20O3/c1-9(2)11-5-12(10(3)14)7-13(6-11)16-8-15-4/h5,11,13H,1,6-8H2,2-4H3/t11-,13+/m0/s1. The maximum atomic E-state index is 11.4. The largest absolute Gasteiger partial charge is 0.359 e. The Hall–Kier alpha value is -0.930. The van der Waals surface area contributed by atoms with Gasteiger partial charge in [-0.2, -0.15) is 0 Å². The molecule has 0 aromatic rings. The van der Waals surface area contributed by atoms with E-state index in [9.17, 15) is 4.79 Å². The van der Waals surface area contributed by atoms with Gasteiger partial charge < -0.3 is 9.47 Å². The number of ketones is 1. The first-order chi connectivity index (χ1) is 7.54. The highest BCUT2D eigenvalue weighted by atomic mass is 16.7. The molecule has 0 heterocycles. The van der Waals surface area contributed by atoms with Crippen molar-refractivity contribution in [1.29, 1.82) is 0 Å². The molecule has 0 N–H and O–H groups in total. The second kappa shape index (κ2) is 5.97. The Bertz CT molecular complexity index is 304. The molecule has 0 aromatic carbocycles. The lowest BCUT2D eigenvalue weighted by molar-refractivity contribution is -0.115. The number of hydrogen-bond acceptors (Lipinski definition) is 3. The van der Waals surface area contributed by atoms with E-state index < -0.39 is 0 Å². The molecule has 0 saturated carbocycles. The van der Waals surface area contributed by atoms with Gasteiger partial charge in [-0.1, -0.05) is 18.2 Å². The van der Waals surface area contributed by atoms with Crippen LogP contribution < -0.4 is 0 Å². The lowest BCUT2D eigenvalue weighted by Crippen LogP contribution is -2.25. The van der Waals surface area contributed by atoms with Crippen LogP contribution in [0, 0.1) is 5.92 Å². The van der Waals surface area contributed by atoms with Crippen LogP contribution in [-0.4, -0.2) is 25.8 Å². The molecule has 1 aliphatic rings. The number of Topliss-reactive ketones (excluding diaryl/α,β-unsaturated/α-hetero) is 1. The Morgan fingerprint density at radius 3 is 2.75 bits per heavy atom. The number of carbonyl (C=O) groups is 1. The number of methoxy groups -OCH3 is 1. The molecule has 0 aliphatic heterocycles. The molecule has 2 atom stereocenters. The van der Waals surface area contributed by atoms with Crippen LogP contribution in [0.15, 0.2) is 23.8 Å². The van der Waals surface area contributed by atoms with Crippen LogP contribution in [0.1, 0.15) is 26.7 Å². The minimum atomic E-state index is 0.0607. The minimum Gasteiger partial charge on any atom is -0.359 e. The van der Waals surface area contributed by atoms with Crippen molar-refractivity contribution in [2.24, 2.45) is 5.92 Å². The minimum absolute atomic E-state index is 0.0607. The van der Waals surface area contributed by atoms with Crippen LogP contribution in [0.3, 0.4) is 0 Å². The Labute approximate surface area is 97.1 Å². The first-order valence-electron chi connectivity index (χ1n) is 5.52. The summed E-state index contributed by atoms with van der Waals surface area (Å²) >= 11 is 0. The van der Waals surface area contributed by atoms with Crippen molar-refractivity contribution in [2.45, 2.75) is 32.8 Å². The maximum Gasteiger partial charge on any atom is 0.155 e. The van der Waals surface area contributed by atoms with E-state index in [0.717, 1.165) is 17.6 Å². The van der Waals surface area contributed by atoms with Crippen molar-refractivity contribution < 1.29 is 14.3 Å². The summed E-state index contributed by atoms with van der Waals surface area (Å²) < 4.78 is 10.4. The Balaban J connectivity index is 2.71. The second-order valence-electron chi connectivity index (χ2n) is 4.34. The average molecular weight is 224 g/mol. The van der Waals surface area contributed by atoms with Crippen LogP contribution in [-0.2, 0) is 14.3 Å². The van der Waals surface area contributed by atoms with Gasteiger partial charge in [-0.15, -0.1) is 0 Å². The predicted octanol–water partition coefficient (Wildman–Crippen LogP) is 2.48. The molecular weight excluding hydrogens is 204 g/mol. The van der Waals surface area contributed by atoms with Crippen molar-refractivity contribution in [3.63, 3.8) is 0 Å². The molecular formula is C13H20O3. The molecule has 0 amide bonds. The highest BCUT2D eigenvalue weighted by Crippen LogP contribution is 2.29. The van der Waals surface area contributed by atoms with E-state index in [0.29, 0.717) is 6.42 Å². The van der Waals surface area contributed by atoms with Crippen LogP contribution in [0.5, 0.6) is 0 Å². The molecule has 0 fully saturated rings. The van der Waals surface area contributed by atoms with Crippen LogP contribution >= 0.6 is 0 Å². The van der Waals surface area contributed by atoms with E-state index in [2.05, 4.69) is 6.58 Å². The summed E-state index contributed by atoms with van der Waals surface area (Å²) in [5.41, 5.74) is 1.92. The molecule has 0 unspecified atom stereocenters. The van der Waals surface area contributed by atoms with E-state index in [4.69, 9.17) is 9.47 Å². The third kappa shape index (κ3) is 3.58. The SMILES string of the molecule is C=C(C)[C@H]1C=C(C(C)=O)C[C@H](OCOC)C1. The average Bonchev–Trinajstić information content (AvgIpc) is 2.25. The smallest absolute Gasteiger partial charge is 0.155 e. The summed E-state index contributed by atoms with van der Waals surface area (Å²) in [6.45, 7) is 7.80. The van der Waals surface area contributed by atoms with Crippen molar-refractivity contribution in [3.05, 3.63) is 23.8 Å². The Morgan fingerprint density at radius 1 is 1.56 bits per heavy atom. The van der Waals surface area contributed by atoms with Gasteiger partial charge >= 0.3 is 0 Å². The van der Waals surface area contributed by atoms with Gasteiger partial charge in [0.25, 0.3) is 0 Å². The summed E-state index contributed by atoms with van der Waals surface area (Å²) in [6, 6.07) is 0.